The molecule has 0 spiro atoms. The number of rotatable bonds is 21. The summed E-state index contributed by atoms with van der Waals surface area (Å²) in [5, 5.41) is 37.7. The fourth-order valence-electron chi connectivity index (χ4n) is 3.23. The first-order valence-electron chi connectivity index (χ1n) is 12.0. The lowest BCUT2D eigenvalue weighted by atomic mass is 10.0. The smallest absolute Gasteiger partial charge is 0.123 e. The van der Waals surface area contributed by atoms with Crippen LogP contribution < -0.4 is 4.74 Å². The van der Waals surface area contributed by atoms with Gasteiger partial charge in [-0.25, -0.2) is 0 Å². The summed E-state index contributed by atoms with van der Waals surface area (Å²) < 4.78 is 32.4. The zero-order valence-electron chi connectivity index (χ0n) is 20.6. The average molecular weight is 511 g/mol. The Morgan fingerprint density at radius 3 is 1.31 bits per heavy atom. The fraction of sp³-hybridized carbons (Fsp3) is 0.538. The van der Waals surface area contributed by atoms with E-state index in [4.69, 9.17) is 33.5 Å². The van der Waals surface area contributed by atoms with E-state index in [1.54, 1.807) is 24.3 Å². The van der Waals surface area contributed by atoms with Crippen LogP contribution in [0.15, 0.2) is 36.4 Å². The number of aromatic hydroxyl groups is 3. The summed E-state index contributed by atoms with van der Waals surface area (Å²) in [5.41, 5.74) is 1.68. The van der Waals surface area contributed by atoms with Gasteiger partial charge in [0.25, 0.3) is 0 Å². The van der Waals surface area contributed by atoms with E-state index in [2.05, 4.69) is 0 Å². The molecule has 0 heterocycles. The summed E-state index contributed by atoms with van der Waals surface area (Å²) in [6.45, 7) is 4.76. The van der Waals surface area contributed by atoms with Crippen molar-refractivity contribution in [3.63, 3.8) is 0 Å². The van der Waals surface area contributed by atoms with Crippen molar-refractivity contribution in [2.75, 3.05) is 79.3 Å². The summed E-state index contributed by atoms with van der Waals surface area (Å²) in [5.74, 6) is 0.685. The van der Waals surface area contributed by atoms with Crippen molar-refractivity contribution in [3.8, 4) is 23.0 Å². The first-order valence-corrected chi connectivity index (χ1v) is 12.0. The highest BCUT2D eigenvalue weighted by Crippen LogP contribution is 2.25. The largest absolute Gasteiger partial charge is 0.508 e. The third kappa shape index (κ3) is 14.1. The number of benzene rings is 2. The van der Waals surface area contributed by atoms with E-state index in [0.29, 0.717) is 91.3 Å². The summed E-state index contributed by atoms with van der Waals surface area (Å²) in [4.78, 5) is 0. The van der Waals surface area contributed by atoms with Gasteiger partial charge in [0.1, 0.15) is 29.6 Å². The predicted octanol–water partition coefficient (Wildman–Crippen LogP) is 2.04. The topological polar surface area (TPSA) is 136 Å². The van der Waals surface area contributed by atoms with Crippen LogP contribution in [0, 0.1) is 0 Å². The molecule has 0 amide bonds. The number of hydrogen-bond acceptors (Lipinski definition) is 10. The van der Waals surface area contributed by atoms with Gasteiger partial charge in [0.05, 0.1) is 72.7 Å². The first kappa shape index (κ1) is 29.6. The molecule has 0 radical (unpaired) electrons. The molecule has 0 saturated heterocycles. The molecule has 0 atom stereocenters. The van der Waals surface area contributed by atoms with Crippen molar-refractivity contribution >= 4 is 0 Å². The highest BCUT2D eigenvalue weighted by molar-refractivity contribution is 5.40. The van der Waals surface area contributed by atoms with Crippen LogP contribution in [0.25, 0.3) is 0 Å². The monoisotopic (exact) mass is 510 g/mol. The second kappa shape index (κ2) is 18.6. The van der Waals surface area contributed by atoms with E-state index < -0.39 is 0 Å². The van der Waals surface area contributed by atoms with Gasteiger partial charge < -0.3 is 48.8 Å². The highest BCUT2D eigenvalue weighted by Gasteiger charge is 2.05. The zero-order valence-corrected chi connectivity index (χ0v) is 20.6. The van der Waals surface area contributed by atoms with E-state index in [1.165, 1.54) is 6.07 Å². The number of aliphatic hydroxyl groups excluding tert-OH is 1. The van der Waals surface area contributed by atoms with Crippen LogP contribution in [0.5, 0.6) is 23.0 Å². The lowest BCUT2D eigenvalue weighted by Gasteiger charge is -2.10. The Kier molecular flexibility index (Phi) is 15.3. The summed E-state index contributed by atoms with van der Waals surface area (Å²) in [6, 6.07) is 9.54. The maximum absolute atomic E-state index is 9.99. The normalized spacial score (nSPS) is 11.1. The third-order valence-electron chi connectivity index (χ3n) is 4.84. The van der Waals surface area contributed by atoms with E-state index in [9.17, 15) is 15.3 Å². The van der Waals surface area contributed by atoms with Crippen LogP contribution in [0.4, 0.5) is 0 Å². The van der Waals surface area contributed by atoms with Crippen molar-refractivity contribution in [2.45, 2.75) is 12.8 Å². The minimum Gasteiger partial charge on any atom is -0.508 e. The SMILES string of the molecule is OCCOCCOCCOCCOCCOCCOc1cc(O)cc(CCc2cc(O)cc(O)c2)c1. The van der Waals surface area contributed by atoms with Crippen LogP contribution in [0.1, 0.15) is 11.1 Å². The Balaban J connectivity index is 1.47. The maximum atomic E-state index is 9.99. The minimum atomic E-state index is 0.0141. The Bertz CT molecular complexity index is 825. The zero-order chi connectivity index (χ0) is 25.8. The second-order valence-electron chi connectivity index (χ2n) is 7.83. The van der Waals surface area contributed by atoms with Crippen LogP contribution in [0.3, 0.4) is 0 Å². The molecule has 0 aliphatic rings. The standard InChI is InChI=1S/C26H38O10/c27-3-4-31-5-6-32-7-8-33-9-10-34-11-12-35-13-14-36-26-18-22(17-25(30)20-26)2-1-21-15-23(28)19-24(29)16-21/h15-20,27-30H,1-14H2. The van der Waals surface area contributed by atoms with Gasteiger partial charge in [0.15, 0.2) is 0 Å². The lowest BCUT2D eigenvalue weighted by Crippen LogP contribution is -2.14. The second-order valence-corrected chi connectivity index (χ2v) is 7.83. The number of aliphatic hydroxyl groups is 1. The predicted molar refractivity (Wildman–Crippen MR) is 132 cm³/mol. The van der Waals surface area contributed by atoms with Gasteiger partial charge in [-0.05, 0) is 48.2 Å². The van der Waals surface area contributed by atoms with Crippen LogP contribution in [-0.4, -0.2) is 99.7 Å². The molecule has 0 fully saturated rings. The van der Waals surface area contributed by atoms with Gasteiger partial charge >= 0.3 is 0 Å². The van der Waals surface area contributed by atoms with Gasteiger partial charge in [-0.1, -0.05) is 0 Å². The first-order chi connectivity index (χ1) is 17.6. The van der Waals surface area contributed by atoms with Crippen LogP contribution >= 0.6 is 0 Å². The van der Waals surface area contributed by atoms with Gasteiger partial charge in [-0.2, -0.15) is 0 Å². The summed E-state index contributed by atoms with van der Waals surface area (Å²) in [6.07, 6.45) is 1.20. The van der Waals surface area contributed by atoms with Gasteiger partial charge in [-0.15, -0.1) is 0 Å². The maximum Gasteiger partial charge on any atom is 0.123 e. The molecule has 10 heteroatoms. The molecule has 0 saturated carbocycles. The van der Waals surface area contributed by atoms with Gasteiger partial charge in [0, 0.05) is 12.1 Å². The summed E-state index contributed by atoms with van der Waals surface area (Å²) in [7, 11) is 0. The fourth-order valence-corrected chi connectivity index (χ4v) is 3.23. The number of phenols is 3. The van der Waals surface area contributed by atoms with Crippen molar-refractivity contribution in [3.05, 3.63) is 47.5 Å². The molecule has 10 nitrogen and oxygen atoms in total. The molecule has 2 aromatic carbocycles. The van der Waals surface area contributed by atoms with Crippen LogP contribution in [-0.2, 0) is 36.5 Å². The highest BCUT2D eigenvalue weighted by atomic mass is 16.6. The number of ether oxygens (including phenoxy) is 6. The average Bonchev–Trinajstić information content (AvgIpc) is 2.84. The van der Waals surface area contributed by atoms with Gasteiger partial charge in [-0.3, -0.25) is 0 Å². The third-order valence-corrected chi connectivity index (χ3v) is 4.84. The molecule has 0 unspecified atom stereocenters. The van der Waals surface area contributed by atoms with E-state index in [0.717, 1.165) is 11.1 Å². The molecular weight excluding hydrogens is 472 g/mol. The molecule has 36 heavy (non-hydrogen) atoms. The van der Waals surface area contributed by atoms with Crippen molar-refractivity contribution in [2.24, 2.45) is 0 Å². The number of aryl methyl sites for hydroxylation is 2. The molecular formula is C26H38O10. The molecule has 202 valence electrons. The molecule has 4 N–H and O–H groups in total. The molecule has 0 aliphatic carbocycles. The Hall–Kier alpha value is -2.60. The van der Waals surface area contributed by atoms with E-state index in [-0.39, 0.29) is 23.9 Å². The molecule has 2 rings (SSSR count). The van der Waals surface area contributed by atoms with Gasteiger partial charge in [0.2, 0.25) is 0 Å². The Morgan fingerprint density at radius 2 is 0.833 bits per heavy atom. The summed E-state index contributed by atoms with van der Waals surface area (Å²) >= 11 is 0. The molecule has 0 bridgehead atoms. The number of hydrogen-bond donors (Lipinski definition) is 4. The van der Waals surface area contributed by atoms with E-state index in [1.807, 2.05) is 6.07 Å². The molecule has 2 aromatic rings. The van der Waals surface area contributed by atoms with Crippen molar-refractivity contribution in [1.29, 1.82) is 0 Å². The van der Waals surface area contributed by atoms with Crippen LogP contribution in [0.2, 0.25) is 0 Å². The Morgan fingerprint density at radius 1 is 0.444 bits per heavy atom. The quantitative estimate of drug-likeness (QED) is 0.185. The minimum absolute atomic E-state index is 0.0141. The van der Waals surface area contributed by atoms with Crippen molar-refractivity contribution in [1.82, 2.24) is 0 Å². The van der Waals surface area contributed by atoms with Crippen molar-refractivity contribution < 1.29 is 48.8 Å². The van der Waals surface area contributed by atoms with E-state index >= 15 is 0 Å². The molecule has 0 aromatic heterocycles. The lowest BCUT2D eigenvalue weighted by molar-refractivity contribution is -0.0146. The number of phenolic OH excluding ortho intramolecular Hbond substituents is 3. The molecule has 0 aliphatic heterocycles. The Labute approximate surface area is 211 Å².